The quantitative estimate of drug-likeness (QED) is 0.794. The van der Waals surface area contributed by atoms with Crippen LogP contribution in [0.2, 0.25) is 0 Å². The van der Waals surface area contributed by atoms with Gasteiger partial charge in [-0.3, -0.25) is 9.10 Å². The lowest BCUT2D eigenvalue weighted by atomic mass is 10.1. The summed E-state index contributed by atoms with van der Waals surface area (Å²) in [5.41, 5.74) is 0.911. The lowest BCUT2D eigenvalue weighted by Crippen LogP contribution is -2.45. The van der Waals surface area contributed by atoms with Gasteiger partial charge in [-0.25, -0.2) is 8.42 Å². The van der Waals surface area contributed by atoms with Gasteiger partial charge in [0.15, 0.2) is 0 Å². The van der Waals surface area contributed by atoms with Crippen molar-refractivity contribution in [3.63, 3.8) is 0 Å². The van der Waals surface area contributed by atoms with Crippen molar-refractivity contribution in [3.05, 3.63) is 60.2 Å². The van der Waals surface area contributed by atoms with Gasteiger partial charge < -0.3 is 10.6 Å². The molecule has 146 valence electrons. The minimum absolute atomic E-state index is 0. The van der Waals surface area contributed by atoms with Crippen LogP contribution < -0.4 is 14.9 Å². The van der Waals surface area contributed by atoms with Gasteiger partial charge in [0.2, 0.25) is 0 Å². The Kier molecular flexibility index (Phi) is 7.24. The van der Waals surface area contributed by atoms with E-state index in [9.17, 15) is 13.2 Å². The van der Waals surface area contributed by atoms with E-state index in [0.29, 0.717) is 11.3 Å². The summed E-state index contributed by atoms with van der Waals surface area (Å²) in [6.45, 7) is 1.70. The average Bonchev–Trinajstić information content (AvgIpc) is 2.69. The lowest BCUT2D eigenvalue weighted by molar-refractivity contribution is 0.0930. The monoisotopic (exact) mass is 409 g/mol. The van der Waals surface area contributed by atoms with Gasteiger partial charge >= 0.3 is 0 Å². The number of hydrogen-bond acceptors (Lipinski definition) is 4. The second kappa shape index (κ2) is 9.21. The zero-order valence-corrected chi connectivity index (χ0v) is 16.7. The first-order chi connectivity index (χ1) is 12.5. The number of sulfonamides is 1. The Morgan fingerprint density at radius 1 is 1.15 bits per heavy atom. The maximum absolute atomic E-state index is 12.9. The molecule has 0 aromatic heterocycles. The molecule has 1 unspecified atom stereocenters. The number of carbonyl (C=O) groups excluding carboxylic acids is 1. The van der Waals surface area contributed by atoms with Crippen molar-refractivity contribution >= 4 is 34.0 Å². The minimum atomic E-state index is -3.74. The summed E-state index contributed by atoms with van der Waals surface area (Å²) in [5.74, 6) is -0.252. The number of benzene rings is 2. The Morgan fingerprint density at radius 3 is 2.56 bits per heavy atom. The van der Waals surface area contributed by atoms with Crippen LogP contribution in [-0.2, 0) is 10.0 Å². The van der Waals surface area contributed by atoms with E-state index in [0.717, 1.165) is 25.9 Å². The Hall–Kier alpha value is -2.09. The van der Waals surface area contributed by atoms with Gasteiger partial charge in [-0.1, -0.05) is 24.3 Å². The van der Waals surface area contributed by atoms with Crippen LogP contribution in [0.1, 0.15) is 23.2 Å². The average molecular weight is 410 g/mol. The van der Waals surface area contributed by atoms with Gasteiger partial charge in [0, 0.05) is 25.2 Å². The van der Waals surface area contributed by atoms with E-state index in [1.807, 2.05) is 6.07 Å². The Balaban J connectivity index is 0.00000261. The second-order valence-electron chi connectivity index (χ2n) is 6.35. The van der Waals surface area contributed by atoms with E-state index in [1.54, 1.807) is 36.4 Å². The van der Waals surface area contributed by atoms with Crippen molar-refractivity contribution in [3.8, 4) is 0 Å². The Morgan fingerprint density at radius 2 is 1.89 bits per heavy atom. The molecule has 1 fully saturated rings. The third-order valence-corrected chi connectivity index (χ3v) is 6.29. The summed E-state index contributed by atoms with van der Waals surface area (Å²) < 4.78 is 27.0. The van der Waals surface area contributed by atoms with Crippen LogP contribution >= 0.6 is 12.4 Å². The molecule has 2 N–H and O–H groups in total. The molecule has 1 atom stereocenters. The van der Waals surface area contributed by atoms with Crippen LogP contribution in [0.5, 0.6) is 0 Å². The highest BCUT2D eigenvalue weighted by Crippen LogP contribution is 2.22. The highest BCUT2D eigenvalue weighted by Gasteiger charge is 2.23. The molecule has 0 radical (unpaired) electrons. The molecule has 1 saturated heterocycles. The summed E-state index contributed by atoms with van der Waals surface area (Å²) in [6.07, 6.45) is 1.94. The number of hydrogen-bond donors (Lipinski definition) is 2. The summed E-state index contributed by atoms with van der Waals surface area (Å²) in [5, 5.41) is 6.21. The van der Waals surface area contributed by atoms with E-state index >= 15 is 0 Å². The zero-order chi connectivity index (χ0) is 18.6. The first-order valence-corrected chi connectivity index (χ1v) is 10.1. The van der Waals surface area contributed by atoms with Crippen molar-refractivity contribution in [2.24, 2.45) is 0 Å². The maximum Gasteiger partial charge on any atom is 0.264 e. The topological polar surface area (TPSA) is 78.5 Å². The van der Waals surface area contributed by atoms with Crippen LogP contribution in [0, 0.1) is 0 Å². The third-order valence-electron chi connectivity index (χ3n) is 4.51. The van der Waals surface area contributed by atoms with Crippen molar-refractivity contribution in [2.45, 2.75) is 23.8 Å². The first-order valence-electron chi connectivity index (χ1n) is 8.64. The smallest absolute Gasteiger partial charge is 0.264 e. The number of carbonyl (C=O) groups is 1. The van der Waals surface area contributed by atoms with E-state index in [2.05, 4.69) is 10.6 Å². The number of para-hydroxylation sites is 1. The minimum Gasteiger partial charge on any atom is -0.348 e. The van der Waals surface area contributed by atoms with Crippen molar-refractivity contribution < 1.29 is 13.2 Å². The van der Waals surface area contributed by atoms with E-state index < -0.39 is 10.0 Å². The third kappa shape index (κ3) is 5.00. The number of anilines is 1. The molecule has 0 spiro atoms. The molecule has 27 heavy (non-hydrogen) atoms. The lowest BCUT2D eigenvalue weighted by Gasteiger charge is -2.24. The van der Waals surface area contributed by atoms with Crippen molar-refractivity contribution in [2.75, 3.05) is 24.4 Å². The van der Waals surface area contributed by atoms with Gasteiger partial charge in [0.05, 0.1) is 10.6 Å². The summed E-state index contributed by atoms with van der Waals surface area (Å²) >= 11 is 0. The molecule has 1 aliphatic heterocycles. The predicted octanol–water partition coefficient (Wildman–Crippen LogP) is 2.42. The van der Waals surface area contributed by atoms with Crippen LogP contribution in [0.15, 0.2) is 59.5 Å². The molecular weight excluding hydrogens is 386 g/mol. The first kappa shape index (κ1) is 21.2. The molecule has 0 bridgehead atoms. The molecule has 8 heteroatoms. The number of nitrogens with one attached hydrogen (secondary N) is 2. The normalized spacial score (nSPS) is 16.9. The predicted molar refractivity (Wildman–Crippen MR) is 109 cm³/mol. The highest BCUT2D eigenvalue weighted by molar-refractivity contribution is 7.92. The molecule has 2 aromatic carbocycles. The Labute approximate surface area is 166 Å². The fourth-order valence-corrected chi connectivity index (χ4v) is 4.22. The van der Waals surface area contributed by atoms with E-state index in [1.165, 1.54) is 23.5 Å². The fraction of sp³-hybridized carbons (Fsp3) is 0.316. The summed E-state index contributed by atoms with van der Waals surface area (Å²) in [6, 6.07) is 15.1. The summed E-state index contributed by atoms with van der Waals surface area (Å²) in [7, 11) is -2.24. The zero-order valence-electron chi connectivity index (χ0n) is 15.1. The van der Waals surface area contributed by atoms with Crippen LogP contribution in [0.25, 0.3) is 0 Å². The standard InChI is InChI=1S/C19H23N3O3S.ClH/c1-22(17-9-3-2-4-10-17)26(24,25)18-11-5-7-15(13-18)19(23)21-16-8-6-12-20-14-16;/h2-5,7,9-11,13,16,20H,6,8,12,14H2,1H3,(H,21,23);1H. The molecule has 0 aliphatic carbocycles. The summed E-state index contributed by atoms with van der Waals surface area (Å²) in [4.78, 5) is 12.6. The Bertz CT molecular complexity index is 869. The van der Waals surface area contributed by atoms with Gasteiger partial charge in [-0.15, -0.1) is 12.4 Å². The van der Waals surface area contributed by atoms with Gasteiger partial charge in [-0.05, 0) is 49.7 Å². The van der Waals surface area contributed by atoms with E-state index in [-0.39, 0.29) is 29.3 Å². The van der Waals surface area contributed by atoms with Crippen molar-refractivity contribution in [1.82, 2.24) is 10.6 Å². The molecule has 3 rings (SSSR count). The van der Waals surface area contributed by atoms with Gasteiger partial charge in [0.25, 0.3) is 15.9 Å². The van der Waals surface area contributed by atoms with Crippen molar-refractivity contribution in [1.29, 1.82) is 0 Å². The number of amides is 1. The number of nitrogens with zero attached hydrogens (tertiary/aromatic N) is 1. The molecule has 1 aliphatic rings. The van der Waals surface area contributed by atoms with Crippen LogP contribution in [0.3, 0.4) is 0 Å². The molecule has 1 heterocycles. The van der Waals surface area contributed by atoms with Crippen LogP contribution in [0.4, 0.5) is 5.69 Å². The second-order valence-corrected chi connectivity index (χ2v) is 8.32. The SMILES string of the molecule is CN(c1ccccc1)S(=O)(=O)c1cccc(C(=O)NC2CCCNC2)c1.Cl. The molecule has 2 aromatic rings. The largest absolute Gasteiger partial charge is 0.348 e. The molecule has 0 saturated carbocycles. The molecule has 1 amide bonds. The number of piperidine rings is 1. The maximum atomic E-state index is 12.9. The van der Waals surface area contributed by atoms with E-state index in [4.69, 9.17) is 0 Å². The number of rotatable bonds is 5. The molecular formula is C19H24ClN3O3S. The van der Waals surface area contributed by atoms with Crippen LogP contribution in [-0.4, -0.2) is 40.5 Å². The highest BCUT2D eigenvalue weighted by atomic mass is 35.5. The van der Waals surface area contributed by atoms with Gasteiger partial charge in [0.1, 0.15) is 0 Å². The number of halogens is 1. The molecule has 6 nitrogen and oxygen atoms in total. The van der Waals surface area contributed by atoms with Gasteiger partial charge in [-0.2, -0.15) is 0 Å². The fourth-order valence-electron chi connectivity index (χ4n) is 2.98.